The predicted molar refractivity (Wildman–Crippen MR) is 198 cm³/mol. The zero-order valence-electron chi connectivity index (χ0n) is 29.9. The summed E-state index contributed by atoms with van der Waals surface area (Å²) in [4.78, 5) is 18.5. The van der Waals surface area contributed by atoms with Crippen LogP contribution in [0, 0.1) is 11.8 Å². The summed E-state index contributed by atoms with van der Waals surface area (Å²) in [6.45, 7) is 8.55. The molecule has 7 rings (SSSR count). The van der Waals surface area contributed by atoms with E-state index in [1.165, 1.54) is 18.2 Å². The van der Waals surface area contributed by atoms with Crippen LogP contribution in [-0.4, -0.2) is 103 Å². The molecule has 2 bridgehead atoms. The summed E-state index contributed by atoms with van der Waals surface area (Å²) >= 11 is 6.47. The van der Waals surface area contributed by atoms with E-state index in [2.05, 4.69) is 32.7 Å². The number of halogens is 1. The molecular formula is C39H52ClN3O7S. The highest BCUT2D eigenvalue weighted by molar-refractivity contribution is 7.90. The van der Waals surface area contributed by atoms with Crippen molar-refractivity contribution in [1.29, 1.82) is 0 Å². The molecule has 2 fully saturated rings. The zero-order valence-corrected chi connectivity index (χ0v) is 31.4. The van der Waals surface area contributed by atoms with Gasteiger partial charge in [0.15, 0.2) is 0 Å². The molecule has 12 heteroatoms. The van der Waals surface area contributed by atoms with Gasteiger partial charge in [0, 0.05) is 55.8 Å². The normalized spacial score (nSPS) is 31.7. The third kappa shape index (κ3) is 7.85. The monoisotopic (exact) mass is 741 g/mol. The number of methoxy groups -OCH3 is 1. The van der Waals surface area contributed by atoms with Gasteiger partial charge < -0.3 is 23.8 Å². The number of hydrogen-bond acceptors (Lipinski definition) is 9. The minimum atomic E-state index is -4.07. The van der Waals surface area contributed by atoms with Crippen LogP contribution in [0.15, 0.2) is 48.6 Å². The number of hydrogen-bond donors (Lipinski definition) is 1. The minimum absolute atomic E-state index is 0.118. The van der Waals surface area contributed by atoms with Crippen molar-refractivity contribution >= 4 is 33.2 Å². The molecule has 3 heterocycles. The van der Waals surface area contributed by atoms with Gasteiger partial charge in [0.25, 0.3) is 5.91 Å². The van der Waals surface area contributed by atoms with Gasteiger partial charge in [-0.3, -0.25) is 9.69 Å². The van der Waals surface area contributed by atoms with Crippen molar-refractivity contribution in [2.45, 2.75) is 74.7 Å². The van der Waals surface area contributed by atoms with E-state index in [4.69, 9.17) is 30.5 Å². The van der Waals surface area contributed by atoms with Gasteiger partial charge in [-0.05, 0) is 98.2 Å². The summed E-state index contributed by atoms with van der Waals surface area (Å²) < 4.78 is 54.5. The highest BCUT2D eigenvalue weighted by Crippen LogP contribution is 2.47. The highest BCUT2D eigenvalue weighted by Gasteiger charge is 2.45. The molecule has 2 unspecified atom stereocenters. The second kappa shape index (κ2) is 15.7. The van der Waals surface area contributed by atoms with Crippen molar-refractivity contribution in [2.24, 2.45) is 11.8 Å². The number of carbonyl (C=O) groups excluding carboxylic acids is 1. The number of rotatable bonds is 6. The van der Waals surface area contributed by atoms with Crippen molar-refractivity contribution in [3.63, 3.8) is 0 Å². The number of benzene rings is 2. The Labute approximate surface area is 307 Å². The first kappa shape index (κ1) is 36.7. The van der Waals surface area contributed by atoms with Crippen molar-refractivity contribution < 1.29 is 32.2 Å². The lowest BCUT2D eigenvalue weighted by Crippen LogP contribution is -2.50. The quantitative estimate of drug-likeness (QED) is 0.392. The first-order chi connectivity index (χ1) is 24.7. The smallest absolute Gasteiger partial charge is 0.264 e. The lowest BCUT2D eigenvalue weighted by molar-refractivity contribution is -0.0315. The maximum Gasteiger partial charge on any atom is 0.264 e. The first-order valence-electron chi connectivity index (χ1n) is 18.7. The summed E-state index contributed by atoms with van der Waals surface area (Å²) in [7, 11) is -2.54. The molecular weight excluding hydrogens is 690 g/mol. The summed E-state index contributed by atoms with van der Waals surface area (Å²) in [6.07, 6.45) is 9.19. The lowest BCUT2D eigenvalue weighted by Gasteiger charge is -2.46. The summed E-state index contributed by atoms with van der Waals surface area (Å²) in [5.41, 5.74) is 3.38. The van der Waals surface area contributed by atoms with Gasteiger partial charge in [-0.2, -0.15) is 0 Å². The SMILES string of the molecule is CC[C@H]1[C@H](OC)C/C=C/[C@H](OCCN2CCOCC2)C2CCC2CN2C[C@@]3(CCCc4cc(Cl)ccc43)COc3ccc(cc32)C(=O)NS1(=O)=O. The van der Waals surface area contributed by atoms with Gasteiger partial charge in [0.1, 0.15) is 11.0 Å². The number of nitrogens with one attached hydrogen (secondary N) is 1. The van der Waals surface area contributed by atoms with Gasteiger partial charge in [-0.15, -0.1) is 0 Å². The molecule has 10 nitrogen and oxygen atoms in total. The van der Waals surface area contributed by atoms with E-state index in [1.807, 2.05) is 31.2 Å². The molecule has 6 atom stereocenters. The Morgan fingerprint density at radius 3 is 2.73 bits per heavy atom. The summed E-state index contributed by atoms with van der Waals surface area (Å²) in [6, 6.07) is 11.6. The molecule has 1 N–H and O–H groups in total. The average molecular weight is 742 g/mol. The van der Waals surface area contributed by atoms with Crippen LogP contribution in [0.2, 0.25) is 5.02 Å². The van der Waals surface area contributed by atoms with Crippen LogP contribution >= 0.6 is 11.6 Å². The van der Waals surface area contributed by atoms with Crippen molar-refractivity contribution in [3.8, 4) is 5.75 Å². The van der Waals surface area contributed by atoms with Crippen LogP contribution in [0.4, 0.5) is 5.69 Å². The van der Waals surface area contributed by atoms with E-state index in [9.17, 15) is 13.2 Å². The van der Waals surface area contributed by atoms with E-state index < -0.39 is 27.3 Å². The molecule has 0 radical (unpaired) electrons. The van der Waals surface area contributed by atoms with Gasteiger partial charge in [-0.25, -0.2) is 13.1 Å². The number of ether oxygens (including phenoxy) is 4. The zero-order chi connectivity index (χ0) is 35.6. The molecule has 0 aromatic heterocycles. The summed E-state index contributed by atoms with van der Waals surface area (Å²) in [5.74, 6) is 0.693. The van der Waals surface area contributed by atoms with E-state index in [1.54, 1.807) is 6.07 Å². The Morgan fingerprint density at radius 1 is 1.12 bits per heavy atom. The predicted octanol–water partition coefficient (Wildman–Crippen LogP) is 5.37. The van der Waals surface area contributed by atoms with E-state index in [0.717, 1.165) is 82.2 Å². The Balaban J connectivity index is 1.25. The van der Waals surface area contributed by atoms with Crippen LogP contribution in [0.25, 0.3) is 0 Å². The fourth-order valence-corrected chi connectivity index (χ4v) is 10.7. The standard InChI is InChI=1S/C39H52ClN3O7S/c1-3-37-36(47-2)8-4-7-34(49-21-18-42-16-19-48-20-17-42)31-12-9-29(31)24-43-25-39(15-5-6-27-22-30(40)11-13-32(27)39)26-50-35-14-10-28(23-33(35)43)38(44)41-51(37,45)46/h4,7,10-11,13-14,22-23,29,31,34,36-37H,3,5-6,8-9,12,15-21,24-26H2,1-2H3,(H,41,44)/b7-4+/t29?,31?,34-,36+,37-,39-/m0/s1. The third-order valence-corrected chi connectivity index (χ3v) is 14.1. The van der Waals surface area contributed by atoms with Gasteiger partial charge in [-0.1, -0.05) is 36.7 Å². The topological polar surface area (TPSA) is 107 Å². The van der Waals surface area contributed by atoms with Crippen molar-refractivity contribution in [1.82, 2.24) is 9.62 Å². The van der Waals surface area contributed by atoms with E-state index in [-0.39, 0.29) is 23.0 Å². The lowest BCUT2D eigenvalue weighted by atomic mass is 9.68. The number of anilines is 1. The number of fused-ring (bicyclic) bond motifs is 4. The number of amides is 1. The minimum Gasteiger partial charge on any atom is -0.490 e. The molecule has 1 saturated carbocycles. The maximum absolute atomic E-state index is 13.7. The Morgan fingerprint density at radius 2 is 1.96 bits per heavy atom. The van der Waals surface area contributed by atoms with E-state index in [0.29, 0.717) is 44.3 Å². The van der Waals surface area contributed by atoms with Crippen molar-refractivity contribution in [3.05, 3.63) is 70.3 Å². The van der Waals surface area contributed by atoms with Crippen LogP contribution in [0.3, 0.4) is 0 Å². The molecule has 278 valence electrons. The molecule has 5 aliphatic rings. The van der Waals surface area contributed by atoms with Gasteiger partial charge in [0.05, 0.1) is 44.3 Å². The molecule has 1 amide bonds. The molecule has 2 aliphatic carbocycles. The first-order valence-corrected chi connectivity index (χ1v) is 20.6. The largest absolute Gasteiger partial charge is 0.490 e. The van der Waals surface area contributed by atoms with Crippen LogP contribution in [0.5, 0.6) is 5.75 Å². The molecule has 2 aromatic rings. The van der Waals surface area contributed by atoms with Gasteiger partial charge in [0.2, 0.25) is 10.0 Å². The van der Waals surface area contributed by atoms with E-state index >= 15 is 0 Å². The number of aryl methyl sites for hydroxylation is 1. The molecule has 3 aliphatic heterocycles. The Bertz CT molecular complexity index is 1700. The molecule has 1 saturated heterocycles. The van der Waals surface area contributed by atoms with Crippen LogP contribution in [0.1, 0.15) is 66.9 Å². The fraction of sp³-hybridized carbons (Fsp3) is 0.615. The number of carbonyl (C=O) groups is 1. The third-order valence-electron chi connectivity index (χ3n) is 11.9. The average Bonchev–Trinajstić information content (AvgIpc) is 3.26. The highest BCUT2D eigenvalue weighted by atomic mass is 35.5. The van der Waals surface area contributed by atoms with Crippen molar-refractivity contribution in [2.75, 3.05) is 71.2 Å². The second-order valence-electron chi connectivity index (χ2n) is 14.9. The maximum atomic E-state index is 13.7. The number of sulfonamides is 1. The second-order valence-corrected chi connectivity index (χ2v) is 17.3. The Kier molecular flexibility index (Phi) is 11.3. The number of morpholine rings is 1. The molecule has 51 heavy (non-hydrogen) atoms. The molecule has 1 spiro atoms. The summed E-state index contributed by atoms with van der Waals surface area (Å²) in [5, 5.41) is -0.173. The van der Waals surface area contributed by atoms with Crippen LogP contribution in [-0.2, 0) is 36.1 Å². The van der Waals surface area contributed by atoms with Crippen LogP contribution < -0.4 is 14.4 Å². The van der Waals surface area contributed by atoms with Gasteiger partial charge >= 0.3 is 0 Å². The molecule has 2 aromatic carbocycles. The number of nitrogens with zero attached hydrogens (tertiary/aromatic N) is 2. The Hall–Kier alpha value is -2.67. The fourth-order valence-electron chi connectivity index (χ4n) is 8.95.